The molecular weight excluding hydrogens is 462 g/mol. The fourth-order valence-electron chi connectivity index (χ4n) is 4.87. The summed E-state index contributed by atoms with van der Waals surface area (Å²) < 4.78 is 27.7. The molecule has 1 fully saturated rings. The number of benzene rings is 3. The number of nitrogens with two attached hydrogens (primary N) is 1. The van der Waals surface area contributed by atoms with E-state index in [-0.39, 0.29) is 11.3 Å². The maximum atomic E-state index is 13.9. The Morgan fingerprint density at radius 2 is 1.49 bits per heavy atom. The molecule has 1 aliphatic rings. The molecule has 7 nitrogen and oxygen atoms in total. The second-order valence-corrected chi connectivity index (χ2v) is 11.4. The molecule has 8 heteroatoms. The van der Waals surface area contributed by atoms with E-state index >= 15 is 0 Å². The third kappa shape index (κ3) is 5.45. The zero-order valence-electron chi connectivity index (χ0n) is 19.6. The minimum absolute atomic E-state index is 0.134. The molecular formula is C27H31N3O4S. The van der Waals surface area contributed by atoms with Crippen molar-refractivity contribution in [3.63, 3.8) is 0 Å². The predicted molar refractivity (Wildman–Crippen MR) is 137 cm³/mol. The van der Waals surface area contributed by atoms with Crippen LogP contribution in [-0.4, -0.2) is 37.9 Å². The van der Waals surface area contributed by atoms with Crippen LogP contribution >= 0.6 is 0 Å². The molecule has 0 amide bonds. The lowest BCUT2D eigenvalue weighted by Crippen LogP contribution is -2.48. The normalized spacial score (nSPS) is 17.1. The Balaban J connectivity index is 1.52. The third-order valence-corrected chi connectivity index (χ3v) is 9.29. The van der Waals surface area contributed by atoms with E-state index < -0.39 is 25.3 Å². The molecule has 3 aromatic rings. The zero-order valence-corrected chi connectivity index (χ0v) is 20.4. The molecule has 35 heavy (non-hydrogen) atoms. The van der Waals surface area contributed by atoms with E-state index in [1.807, 2.05) is 6.07 Å². The SMILES string of the molecule is NC(CCN1CCC(Cc2ccccc2)CC1)(c1ccccc1)S(=O)(=O)c1ccccc1[N+](=O)[O-]. The first-order valence-corrected chi connectivity index (χ1v) is 13.4. The maximum Gasteiger partial charge on any atom is 0.288 e. The second-order valence-electron chi connectivity index (χ2n) is 9.21. The Labute approximate surface area is 206 Å². The molecule has 0 bridgehead atoms. The first-order chi connectivity index (χ1) is 16.8. The third-order valence-electron chi connectivity index (χ3n) is 6.97. The van der Waals surface area contributed by atoms with Gasteiger partial charge in [0.25, 0.3) is 5.69 Å². The van der Waals surface area contributed by atoms with Crippen LogP contribution in [0.15, 0.2) is 89.8 Å². The molecule has 1 atom stereocenters. The number of sulfone groups is 1. The highest BCUT2D eigenvalue weighted by atomic mass is 32.2. The van der Waals surface area contributed by atoms with Gasteiger partial charge in [-0.1, -0.05) is 72.8 Å². The topological polar surface area (TPSA) is 107 Å². The number of nitro benzene ring substituents is 1. The van der Waals surface area contributed by atoms with Crippen LogP contribution in [0.2, 0.25) is 0 Å². The van der Waals surface area contributed by atoms with Crippen LogP contribution in [-0.2, 0) is 21.1 Å². The maximum absolute atomic E-state index is 13.9. The summed E-state index contributed by atoms with van der Waals surface area (Å²) in [7, 11) is -4.27. The summed E-state index contributed by atoms with van der Waals surface area (Å²) in [6.45, 7) is 2.23. The highest BCUT2D eigenvalue weighted by Gasteiger charge is 2.45. The largest absolute Gasteiger partial charge is 0.308 e. The van der Waals surface area contributed by atoms with Gasteiger partial charge in [0.1, 0.15) is 4.90 Å². The van der Waals surface area contributed by atoms with E-state index in [0.29, 0.717) is 18.0 Å². The number of nitro groups is 1. The molecule has 184 valence electrons. The molecule has 0 radical (unpaired) electrons. The molecule has 0 aliphatic carbocycles. The number of piperidine rings is 1. The van der Waals surface area contributed by atoms with Crippen molar-refractivity contribution in [3.8, 4) is 0 Å². The minimum atomic E-state index is -4.27. The predicted octanol–water partition coefficient (Wildman–Crippen LogP) is 4.53. The van der Waals surface area contributed by atoms with Crippen LogP contribution < -0.4 is 5.73 Å². The van der Waals surface area contributed by atoms with Crippen molar-refractivity contribution in [1.29, 1.82) is 0 Å². The van der Waals surface area contributed by atoms with Gasteiger partial charge in [-0.2, -0.15) is 0 Å². The summed E-state index contributed by atoms with van der Waals surface area (Å²) >= 11 is 0. The number of hydrogen-bond acceptors (Lipinski definition) is 6. The van der Waals surface area contributed by atoms with Crippen molar-refractivity contribution < 1.29 is 13.3 Å². The Morgan fingerprint density at radius 1 is 0.914 bits per heavy atom. The van der Waals surface area contributed by atoms with Gasteiger partial charge in [-0.3, -0.25) is 10.1 Å². The molecule has 4 rings (SSSR count). The van der Waals surface area contributed by atoms with E-state index in [9.17, 15) is 18.5 Å². The number of nitrogens with zero attached hydrogens (tertiary/aromatic N) is 2. The summed E-state index contributed by atoms with van der Waals surface area (Å²) in [5.74, 6) is 0.598. The van der Waals surface area contributed by atoms with Crippen molar-refractivity contribution in [1.82, 2.24) is 4.90 Å². The van der Waals surface area contributed by atoms with E-state index in [2.05, 4.69) is 29.2 Å². The van der Waals surface area contributed by atoms with Crippen LogP contribution in [0, 0.1) is 16.0 Å². The minimum Gasteiger partial charge on any atom is -0.308 e. The second kappa shape index (κ2) is 10.7. The summed E-state index contributed by atoms with van der Waals surface area (Å²) in [6, 6.07) is 24.5. The average molecular weight is 494 g/mol. The molecule has 2 N–H and O–H groups in total. The molecule has 0 aromatic heterocycles. The number of para-hydroxylation sites is 1. The van der Waals surface area contributed by atoms with Gasteiger partial charge in [-0.25, -0.2) is 8.42 Å². The van der Waals surface area contributed by atoms with Crippen LogP contribution in [0.1, 0.15) is 30.4 Å². The molecule has 0 saturated carbocycles. The zero-order chi connectivity index (χ0) is 24.9. The van der Waals surface area contributed by atoms with Crippen LogP contribution in [0.25, 0.3) is 0 Å². The summed E-state index contributed by atoms with van der Waals surface area (Å²) in [5, 5.41) is 11.6. The molecule has 1 aliphatic heterocycles. The lowest BCUT2D eigenvalue weighted by Gasteiger charge is -2.36. The van der Waals surface area contributed by atoms with Gasteiger partial charge in [0.2, 0.25) is 9.84 Å². The molecule has 1 heterocycles. The van der Waals surface area contributed by atoms with E-state index in [0.717, 1.165) is 32.4 Å². The van der Waals surface area contributed by atoms with Crippen molar-refractivity contribution in [2.24, 2.45) is 11.7 Å². The quantitative estimate of drug-likeness (QED) is 0.347. The van der Waals surface area contributed by atoms with Crippen LogP contribution in [0.5, 0.6) is 0 Å². The fraction of sp³-hybridized carbons (Fsp3) is 0.333. The highest BCUT2D eigenvalue weighted by Crippen LogP contribution is 2.38. The van der Waals surface area contributed by atoms with Crippen molar-refractivity contribution >= 4 is 15.5 Å². The first kappa shape index (κ1) is 25.0. The van der Waals surface area contributed by atoms with Gasteiger partial charge < -0.3 is 10.6 Å². The summed E-state index contributed by atoms with van der Waals surface area (Å²) in [4.78, 5) is 11.0. The number of likely N-dealkylation sites (tertiary alicyclic amines) is 1. The van der Waals surface area contributed by atoms with E-state index in [1.165, 1.54) is 29.8 Å². The molecule has 1 saturated heterocycles. The molecule has 1 unspecified atom stereocenters. The fourth-order valence-corrected chi connectivity index (χ4v) is 6.75. The van der Waals surface area contributed by atoms with Crippen LogP contribution in [0.3, 0.4) is 0 Å². The van der Waals surface area contributed by atoms with Gasteiger partial charge in [0.15, 0.2) is 4.87 Å². The lowest BCUT2D eigenvalue weighted by molar-refractivity contribution is -0.387. The number of rotatable bonds is 9. The van der Waals surface area contributed by atoms with Crippen molar-refractivity contribution in [2.45, 2.75) is 35.4 Å². The Hall–Kier alpha value is -3.07. The van der Waals surface area contributed by atoms with E-state index in [4.69, 9.17) is 5.73 Å². The lowest BCUT2D eigenvalue weighted by atomic mass is 9.90. The first-order valence-electron chi connectivity index (χ1n) is 11.9. The van der Waals surface area contributed by atoms with Gasteiger partial charge in [0, 0.05) is 12.6 Å². The van der Waals surface area contributed by atoms with Crippen molar-refractivity contribution in [2.75, 3.05) is 19.6 Å². The van der Waals surface area contributed by atoms with Gasteiger partial charge in [-0.15, -0.1) is 0 Å². The molecule has 3 aromatic carbocycles. The van der Waals surface area contributed by atoms with Gasteiger partial charge in [0.05, 0.1) is 4.92 Å². The monoisotopic (exact) mass is 493 g/mol. The standard InChI is InChI=1S/C27H31N3O4S/c28-27(24-11-5-2-6-12-24,35(33,34)26-14-8-7-13-25(26)30(31)32)17-20-29-18-15-23(16-19-29)21-22-9-3-1-4-10-22/h1-14,23H,15-21,28H2. The average Bonchev–Trinajstić information content (AvgIpc) is 2.89. The Bertz CT molecular complexity index is 1240. The Morgan fingerprint density at radius 3 is 2.11 bits per heavy atom. The van der Waals surface area contributed by atoms with Gasteiger partial charge >= 0.3 is 0 Å². The smallest absolute Gasteiger partial charge is 0.288 e. The molecule has 0 spiro atoms. The highest BCUT2D eigenvalue weighted by molar-refractivity contribution is 7.92. The van der Waals surface area contributed by atoms with Gasteiger partial charge in [-0.05, 0) is 61.9 Å². The summed E-state index contributed by atoms with van der Waals surface area (Å²) in [6.07, 6.45) is 3.25. The Kier molecular flexibility index (Phi) is 7.64. The summed E-state index contributed by atoms with van der Waals surface area (Å²) in [5.41, 5.74) is 8.02. The van der Waals surface area contributed by atoms with E-state index in [1.54, 1.807) is 30.3 Å². The number of hydrogen-bond donors (Lipinski definition) is 1. The van der Waals surface area contributed by atoms with Crippen molar-refractivity contribution in [3.05, 3.63) is 106 Å². The van der Waals surface area contributed by atoms with Crippen LogP contribution in [0.4, 0.5) is 5.69 Å².